The zero-order valence-corrected chi connectivity index (χ0v) is 19.8. The molecule has 0 fully saturated rings. The highest BCUT2D eigenvalue weighted by Gasteiger charge is 2.16. The van der Waals surface area contributed by atoms with E-state index in [2.05, 4.69) is 15.0 Å². The molecule has 174 valence electrons. The number of thiazole rings is 1. The molecule has 34 heavy (non-hydrogen) atoms. The van der Waals surface area contributed by atoms with Gasteiger partial charge in [-0.05, 0) is 79.7 Å². The van der Waals surface area contributed by atoms with Crippen LogP contribution in [0.25, 0.3) is 11.3 Å². The van der Waals surface area contributed by atoms with E-state index in [4.69, 9.17) is 4.74 Å². The third-order valence-corrected chi connectivity index (χ3v) is 7.19. The van der Waals surface area contributed by atoms with Crippen molar-refractivity contribution in [1.82, 2.24) is 4.98 Å². The molecule has 0 aliphatic rings. The summed E-state index contributed by atoms with van der Waals surface area (Å²) in [6.07, 6.45) is 0. The van der Waals surface area contributed by atoms with Crippen molar-refractivity contribution < 1.29 is 22.3 Å². The molecule has 0 aliphatic carbocycles. The second kappa shape index (κ2) is 9.62. The number of aromatic nitrogens is 1. The number of anilines is 2. The van der Waals surface area contributed by atoms with E-state index in [9.17, 15) is 17.6 Å². The highest BCUT2D eigenvalue weighted by molar-refractivity contribution is 7.92. The molecule has 0 radical (unpaired) electrons. The first-order chi connectivity index (χ1) is 16.2. The normalized spacial score (nSPS) is 11.1. The zero-order valence-electron chi connectivity index (χ0n) is 18.2. The third-order valence-electron chi connectivity index (χ3n) is 4.90. The number of sulfonamides is 1. The van der Waals surface area contributed by atoms with Crippen LogP contribution in [0.5, 0.6) is 5.75 Å². The molecule has 1 aromatic heterocycles. The number of nitrogens with zero attached hydrogens (tertiary/aromatic N) is 1. The average molecular weight is 498 g/mol. The number of aryl methyl sites for hydroxylation is 1. The second-order valence-electron chi connectivity index (χ2n) is 7.24. The lowest BCUT2D eigenvalue weighted by molar-refractivity contribution is 0.102. The molecule has 2 N–H and O–H groups in total. The molecule has 0 bridgehead atoms. The standard InChI is InChI=1S/C24H20FN3O4S2/c1-15-22(16-5-11-20(32-2)12-6-16)26-24(33-15)27-23(29)17-3-9-19(10-4-17)28-34(30,31)21-13-7-18(25)8-14-21/h3-14,28H,1-2H3,(H,26,27,29). The molecule has 0 unspecified atom stereocenters. The summed E-state index contributed by atoms with van der Waals surface area (Å²) >= 11 is 1.36. The smallest absolute Gasteiger partial charge is 0.261 e. The van der Waals surface area contributed by atoms with E-state index in [0.717, 1.165) is 34.0 Å². The minimum absolute atomic E-state index is 0.0671. The monoisotopic (exact) mass is 497 g/mol. The Morgan fingerprint density at radius 1 is 0.971 bits per heavy atom. The second-order valence-corrected chi connectivity index (χ2v) is 10.1. The third kappa shape index (κ3) is 5.24. The van der Waals surface area contributed by atoms with Gasteiger partial charge in [-0.25, -0.2) is 17.8 Å². The van der Waals surface area contributed by atoms with Gasteiger partial charge in [0.05, 0.1) is 17.7 Å². The van der Waals surface area contributed by atoms with Crippen LogP contribution in [0.2, 0.25) is 0 Å². The first-order valence-electron chi connectivity index (χ1n) is 10.1. The van der Waals surface area contributed by atoms with Crippen LogP contribution < -0.4 is 14.8 Å². The number of benzene rings is 3. The van der Waals surface area contributed by atoms with Gasteiger partial charge in [0.15, 0.2) is 5.13 Å². The highest BCUT2D eigenvalue weighted by atomic mass is 32.2. The first kappa shape index (κ1) is 23.4. The van der Waals surface area contributed by atoms with Crippen molar-refractivity contribution >= 4 is 38.1 Å². The van der Waals surface area contributed by atoms with E-state index in [0.29, 0.717) is 10.7 Å². The van der Waals surface area contributed by atoms with E-state index in [1.54, 1.807) is 7.11 Å². The first-order valence-corrected chi connectivity index (χ1v) is 12.4. The Hall–Kier alpha value is -3.76. The number of amides is 1. The quantitative estimate of drug-likeness (QED) is 0.360. The van der Waals surface area contributed by atoms with Gasteiger partial charge in [-0.15, -0.1) is 11.3 Å². The van der Waals surface area contributed by atoms with Crippen LogP contribution in [0.15, 0.2) is 77.7 Å². The maximum absolute atomic E-state index is 13.1. The van der Waals surface area contributed by atoms with Gasteiger partial charge in [-0.3, -0.25) is 14.8 Å². The molecule has 10 heteroatoms. The summed E-state index contributed by atoms with van der Waals surface area (Å²) in [6.45, 7) is 1.93. The SMILES string of the molecule is COc1ccc(-c2nc(NC(=O)c3ccc(NS(=O)(=O)c4ccc(F)cc4)cc3)sc2C)cc1. The van der Waals surface area contributed by atoms with Crippen molar-refractivity contribution in [3.63, 3.8) is 0 Å². The Kier molecular flexibility index (Phi) is 6.62. The Morgan fingerprint density at radius 2 is 1.62 bits per heavy atom. The van der Waals surface area contributed by atoms with Crippen molar-refractivity contribution in [2.45, 2.75) is 11.8 Å². The number of methoxy groups -OCH3 is 1. The Bertz CT molecular complexity index is 1420. The van der Waals surface area contributed by atoms with Crippen LogP contribution in [0.4, 0.5) is 15.2 Å². The number of ether oxygens (including phenoxy) is 1. The Morgan fingerprint density at radius 3 is 2.24 bits per heavy atom. The number of carbonyl (C=O) groups excluding carboxylic acids is 1. The van der Waals surface area contributed by atoms with Crippen molar-refractivity contribution in [2.75, 3.05) is 17.1 Å². The van der Waals surface area contributed by atoms with Crippen LogP contribution in [-0.4, -0.2) is 26.4 Å². The summed E-state index contributed by atoms with van der Waals surface area (Å²) in [6, 6.07) is 18.0. The summed E-state index contributed by atoms with van der Waals surface area (Å²) in [7, 11) is -2.28. The lowest BCUT2D eigenvalue weighted by Crippen LogP contribution is -2.14. The maximum Gasteiger partial charge on any atom is 0.261 e. The maximum atomic E-state index is 13.1. The lowest BCUT2D eigenvalue weighted by Gasteiger charge is -2.09. The number of hydrogen-bond donors (Lipinski definition) is 2. The van der Waals surface area contributed by atoms with Crippen LogP contribution in [0.1, 0.15) is 15.2 Å². The molecule has 0 saturated heterocycles. The zero-order chi connectivity index (χ0) is 24.3. The number of rotatable bonds is 7. The minimum Gasteiger partial charge on any atom is -0.497 e. The van der Waals surface area contributed by atoms with Crippen LogP contribution in [0, 0.1) is 12.7 Å². The topological polar surface area (TPSA) is 97.4 Å². The fraction of sp³-hybridized carbons (Fsp3) is 0.0833. The number of carbonyl (C=O) groups is 1. The van der Waals surface area contributed by atoms with Crippen molar-refractivity contribution in [3.8, 4) is 17.0 Å². The minimum atomic E-state index is -3.88. The molecule has 4 aromatic rings. The van der Waals surface area contributed by atoms with Gasteiger partial charge in [-0.2, -0.15) is 0 Å². The summed E-state index contributed by atoms with van der Waals surface area (Å²) in [5, 5.41) is 3.23. The van der Waals surface area contributed by atoms with E-state index in [1.807, 2.05) is 31.2 Å². The summed E-state index contributed by atoms with van der Waals surface area (Å²) in [5.74, 6) is -0.155. The van der Waals surface area contributed by atoms with Crippen LogP contribution >= 0.6 is 11.3 Å². The van der Waals surface area contributed by atoms with Crippen molar-refractivity contribution in [3.05, 3.63) is 89.1 Å². The molecule has 0 atom stereocenters. The van der Waals surface area contributed by atoms with E-state index in [-0.39, 0.29) is 16.5 Å². The number of nitrogens with one attached hydrogen (secondary N) is 2. The summed E-state index contributed by atoms with van der Waals surface area (Å²) in [4.78, 5) is 18.1. The van der Waals surface area contributed by atoms with Gasteiger partial charge in [0.2, 0.25) is 0 Å². The average Bonchev–Trinajstić information content (AvgIpc) is 3.19. The van der Waals surface area contributed by atoms with Gasteiger partial charge in [-0.1, -0.05) is 0 Å². The number of halogens is 1. The van der Waals surface area contributed by atoms with E-state index < -0.39 is 15.8 Å². The van der Waals surface area contributed by atoms with E-state index in [1.165, 1.54) is 47.7 Å². The van der Waals surface area contributed by atoms with Crippen LogP contribution in [0.3, 0.4) is 0 Å². The number of hydrogen-bond acceptors (Lipinski definition) is 6. The lowest BCUT2D eigenvalue weighted by atomic mass is 10.1. The summed E-state index contributed by atoms with van der Waals surface area (Å²) < 4.78 is 45.5. The molecule has 4 rings (SSSR count). The fourth-order valence-corrected chi connectivity index (χ4v) is 5.04. The molecular weight excluding hydrogens is 477 g/mol. The molecular formula is C24H20FN3O4S2. The molecule has 3 aromatic carbocycles. The van der Waals surface area contributed by atoms with Crippen LogP contribution in [-0.2, 0) is 10.0 Å². The van der Waals surface area contributed by atoms with Gasteiger partial charge in [0, 0.05) is 21.7 Å². The molecule has 0 saturated carbocycles. The Labute approximate surface area is 200 Å². The Balaban J connectivity index is 1.44. The van der Waals surface area contributed by atoms with Crippen molar-refractivity contribution in [1.29, 1.82) is 0 Å². The molecule has 7 nitrogen and oxygen atoms in total. The predicted molar refractivity (Wildman–Crippen MR) is 130 cm³/mol. The van der Waals surface area contributed by atoms with E-state index >= 15 is 0 Å². The van der Waals surface area contributed by atoms with Gasteiger partial charge < -0.3 is 4.74 Å². The van der Waals surface area contributed by atoms with Gasteiger partial charge >= 0.3 is 0 Å². The molecule has 1 amide bonds. The van der Waals surface area contributed by atoms with Gasteiger partial charge in [0.1, 0.15) is 11.6 Å². The highest BCUT2D eigenvalue weighted by Crippen LogP contribution is 2.31. The molecule has 0 aliphatic heterocycles. The fourth-order valence-electron chi connectivity index (χ4n) is 3.15. The van der Waals surface area contributed by atoms with Gasteiger partial charge in [0.25, 0.3) is 15.9 Å². The predicted octanol–water partition coefficient (Wildman–Crippen LogP) is 5.32. The van der Waals surface area contributed by atoms with Crippen molar-refractivity contribution in [2.24, 2.45) is 0 Å². The summed E-state index contributed by atoms with van der Waals surface area (Å²) in [5.41, 5.74) is 2.29. The molecule has 1 heterocycles. The molecule has 0 spiro atoms. The largest absolute Gasteiger partial charge is 0.497 e.